The first-order valence-electron chi connectivity index (χ1n) is 7.51. The maximum absolute atomic E-state index is 10.4. The summed E-state index contributed by atoms with van der Waals surface area (Å²) in [7, 11) is 0. The summed E-state index contributed by atoms with van der Waals surface area (Å²) in [5, 5.41) is 14.3. The fraction of sp³-hybridized carbons (Fsp3) is 0.412. The highest BCUT2D eigenvalue weighted by Crippen LogP contribution is 2.29. The van der Waals surface area contributed by atoms with Crippen LogP contribution in [-0.2, 0) is 11.3 Å². The first-order chi connectivity index (χ1) is 10.7. The van der Waals surface area contributed by atoms with Crippen molar-refractivity contribution in [3.63, 3.8) is 0 Å². The molecule has 0 unspecified atom stereocenters. The molecule has 1 aliphatic heterocycles. The third-order valence-corrected chi connectivity index (χ3v) is 4.31. The van der Waals surface area contributed by atoms with Crippen LogP contribution < -0.4 is 5.32 Å². The SMILES string of the molecule is OC1(CNCc2ccc(-c3ccccc3Cl)o2)CCOCC1. The first kappa shape index (κ1) is 15.6. The predicted molar refractivity (Wildman–Crippen MR) is 85.9 cm³/mol. The molecule has 0 saturated carbocycles. The Balaban J connectivity index is 1.57. The highest BCUT2D eigenvalue weighted by atomic mass is 35.5. The average Bonchev–Trinajstić information content (AvgIpc) is 2.97. The Morgan fingerprint density at radius 2 is 1.91 bits per heavy atom. The number of halogens is 1. The summed E-state index contributed by atoms with van der Waals surface area (Å²) in [6.07, 6.45) is 1.34. The van der Waals surface area contributed by atoms with E-state index in [0.29, 0.717) is 44.2 Å². The Morgan fingerprint density at radius 1 is 1.14 bits per heavy atom. The molecule has 0 radical (unpaired) electrons. The minimum atomic E-state index is -0.670. The van der Waals surface area contributed by atoms with Crippen LogP contribution in [0.1, 0.15) is 18.6 Å². The maximum atomic E-state index is 10.4. The van der Waals surface area contributed by atoms with Crippen molar-refractivity contribution in [3.8, 4) is 11.3 Å². The Hall–Kier alpha value is -1.33. The number of hydrogen-bond acceptors (Lipinski definition) is 4. The summed E-state index contributed by atoms with van der Waals surface area (Å²) in [6, 6.07) is 11.5. The van der Waals surface area contributed by atoms with Crippen LogP contribution in [-0.4, -0.2) is 30.5 Å². The van der Waals surface area contributed by atoms with Gasteiger partial charge in [-0.2, -0.15) is 0 Å². The molecule has 1 aromatic carbocycles. The van der Waals surface area contributed by atoms with Gasteiger partial charge >= 0.3 is 0 Å². The lowest BCUT2D eigenvalue weighted by atomic mass is 9.94. The molecule has 3 rings (SSSR count). The van der Waals surface area contributed by atoms with Gasteiger partial charge in [0.15, 0.2) is 0 Å². The highest BCUT2D eigenvalue weighted by Gasteiger charge is 2.29. The predicted octanol–water partition coefficient (Wildman–Crippen LogP) is 3.23. The number of hydrogen-bond donors (Lipinski definition) is 2. The van der Waals surface area contributed by atoms with E-state index in [0.717, 1.165) is 17.1 Å². The quantitative estimate of drug-likeness (QED) is 0.887. The van der Waals surface area contributed by atoms with E-state index in [1.54, 1.807) is 0 Å². The molecule has 0 spiro atoms. The molecule has 22 heavy (non-hydrogen) atoms. The van der Waals surface area contributed by atoms with Gasteiger partial charge in [-0.15, -0.1) is 0 Å². The van der Waals surface area contributed by atoms with Gasteiger partial charge in [-0.05, 0) is 24.3 Å². The van der Waals surface area contributed by atoms with Crippen molar-refractivity contribution >= 4 is 11.6 Å². The minimum absolute atomic E-state index is 0.540. The van der Waals surface area contributed by atoms with Crippen LogP contribution in [0.2, 0.25) is 5.02 Å². The summed E-state index contributed by atoms with van der Waals surface area (Å²) in [6.45, 7) is 2.36. The molecule has 2 N–H and O–H groups in total. The summed E-state index contributed by atoms with van der Waals surface area (Å²) in [5.74, 6) is 1.58. The molecular weight excluding hydrogens is 302 g/mol. The van der Waals surface area contributed by atoms with Crippen molar-refractivity contribution in [1.82, 2.24) is 5.32 Å². The highest BCUT2D eigenvalue weighted by molar-refractivity contribution is 6.33. The number of ether oxygens (including phenoxy) is 1. The maximum Gasteiger partial charge on any atom is 0.135 e. The Bertz CT molecular complexity index is 620. The van der Waals surface area contributed by atoms with Crippen molar-refractivity contribution < 1.29 is 14.3 Å². The monoisotopic (exact) mass is 321 g/mol. The van der Waals surface area contributed by atoms with Crippen molar-refractivity contribution in [2.75, 3.05) is 19.8 Å². The lowest BCUT2D eigenvalue weighted by Gasteiger charge is -2.32. The zero-order chi connectivity index (χ0) is 15.4. The molecule has 0 aliphatic carbocycles. The molecule has 0 atom stereocenters. The van der Waals surface area contributed by atoms with Gasteiger partial charge in [-0.3, -0.25) is 0 Å². The fourth-order valence-corrected chi connectivity index (χ4v) is 2.85. The van der Waals surface area contributed by atoms with E-state index in [4.69, 9.17) is 20.8 Å². The second-order valence-corrected chi connectivity index (χ2v) is 6.09. The lowest BCUT2D eigenvalue weighted by molar-refractivity contribution is -0.0618. The lowest BCUT2D eigenvalue weighted by Crippen LogP contribution is -2.44. The third kappa shape index (κ3) is 3.70. The number of aliphatic hydroxyl groups is 1. The molecule has 1 saturated heterocycles. The molecule has 2 heterocycles. The first-order valence-corrected chi connectivity index (χ1v) is 7.89. The summed E-state index contributed by atoms with van der Waals surface area (Å²) >= 11 is 6.17. The van der Waals surface area contributed by atoms with Crippen molar-refractivity contribution in [1.29, 1.82) is 0 Å². The van der Waals surface area contributed by atoms with Gasteiger partial charge in [0.2, 0.25) is 0 Å². The topological polar surface area (TPSA) is 54.6 Å². The molecule has 1 fully saturated rings. The van der Waals surface area contributed by atoms with Gasteiger partial charge in [0.1, 0.15) is 11.5 Å². The fourth-order valence-electron chi connectivity index (χ4n) is 2.63. The van der Waals surface area contributed by atoms with Gasteiger partial charge in [0, 0.05) is 38.2 Å². The Morgan fingerprint density at radius 3 is 2.68 bits per heavy atom. The Kier molecular flexibility index (Phi) is 4.84. The Labute approximate surface area is 135 Å². The standard InChI is InChI=1S/C17H20ClNO3/c18-15-4-2-1-3-14(15)16-6-5-13(22-16)11-19-12-17(20)7-9-21-10-8-17/h1-6,19-20H,7-12H2. The van der Waals surface area contributed by atoms with E-state index in [-0.39, 0.29) is 0 Å². The van der Waals surface area contributed by atoms with Gasteiger partial charge in [-0.1, -0.05) is 23.7 Å². The molecule has 5 heteroatoms. The molecule has 1 aliphatic rings. The van der Waals surface area contributed by atoms with Crippen LogP contribution in [0.4, 0.5) is 0 Å². The summed E-state index contributed by atoms with van der Waals surface area (Å²) < 4.78 is 11.1. The van der Waals surface area contributed by atoms with Crippen LogP contribution in [0.25, 0.3) is 11.3 Å². The van der Waals surface area contributed by atoms with Gasteiger partial charge < -0.3 is 19.6 Å². The van der Waals surface area contributed by atoms with Gasteiger partial charge in [0.05, 0.1) is 17.2 Å². The van der Waals surface area contributed by atoms with Crippen molar-refractivity contribution in [2.45, 2.75) is 25.0 Å². The van der Waals surface area contributed by atoms with Crippen molar-refractivity contribution in [3.05, 3.63) is 47.2 Å². The number of rotatable bonds is 5. The van der Waals surface area contributed by atoms with Crippen LogP contribution in [0.3, 0.4) is 0 Å². The molecule has 1 aromatic heterocycles. The molecule has 0 bridgehead atoms. The number of benzene rings is 1. The van der Waals surface area contributed by atoms with Crippen LogP contribution in [0.15, 0.2) is 40.8 Å². The third-order valence-electron chi connectivity index (χ3n) is 3.98. The second-order valence-electron chi connectivity index (χ2n) is 5.69. The largest absolute Gasteiger partial charge is 0.460 e. The molecule has 118 valence electrons. The average molecular weight is 322 g/mol. The van der Waals surface area contributed by atoms with E-state index < -0.39 is 5.60 Å². The number of nitrogens with one attached hydrogen (secondary N) is 1. The van der Waals surface area contributed by atoms with Gasteiger partial charge in [0.25, 0.3) is 0 Å². The van der Waals surface area contributed by atoms with Crippen LogP contribution in [0.5, 0.6) is 0 Å². The van der Waals surface area contributed by atoms with Crippen molar-refractivity contribution in [2.24, 2.45) is 0 Å². The summed E-state index contributed by atoms with van der Waals surface area (Å²) in [4.78, 5) is 0. The van der Waals surface area contributed by atoms with E-state index in [2.05, 4.69) is 5.32 Å². The molecular formula is C17H20ClNO3. The van der Waals surface area contributed by atoms with E-state index in [9.17, 15) is 5.11 Å². The van der Waals surface area contributed by atoms with E-state index >= 15 is 0 Å². The normalized spacial score (nSPS) is 17.5. The summed E-state index contributed by atoms with van der Waals surface area (Å²) in [5.41, 5.74) is 0.217. The smallest absolute Gasteiger partial charge is 0.135 e. The van der Waals surface area contributed by atoms with Crippen LogP contribution in [0, 0.1) is 0 Å². The molecule has 2 aromatic rings. The molecule has 4 nitrogen and oxygen atoms in total. The molecule has 0 amide bonds. The van der Waals surface area contributed by atoms with Gasteiger partial charge in [-0.25, -0.2) is 0 Å². The zero-order valence-corrected chi connectivity index (χ0v) is 13.1. The van der Waals surface area contributed by atoms with E-state index in [1.807, 2.05) is 36.4 Å². The van der Waals surface area contributed by atoms with Crippen LogP contribution >= 0.6 is 11.6 Å². The second kappa shape index (κ2) is 6.84. The van der Waals surface area contributed by atoms with E-state index in [1.165, 1.54) is 0 Å². The zero-order valence-electron chi connectivity index (χ0n) is 12.3. The number of furan rings is 1. The minimum Gasteiger partial charge on any atom is -0.460 e.